The van der Waals surface area contributed by atoms with Crippen LogP contribution in [0, 0.1) is 0 Å². The Kier molecular flexibility index (Phi) is 6.95. The summed E-state index contributed by atoms with van der Waals surface area (Å²) in [7, 11) is -2.49. The second kappa shape index (κ2) is 10.1. The van der Waals surface area contributed by atoms with Gasteiger partial charge in [0.1, 0.15) is 17.2 Å². The van der Waals surface area contributed by atoms with E-state index in [0.29, 0.717) is 38.6 Å². The third-order valence-electron chi connectivity index (χ3n) is 4.86. The van der Waals surface area contributed by atoms with E-state index in [-0.39, 0.29) is 10.6 Å². The second-order valence-electron chi connectivity index (χ2n) is 7.18. The molecule has 0 saturated carbocycles. The van der Waals surface area contributed by atoms with Crippen molar-refractivity contribution in [2.75, 3.05) is 17.6 Å². The molecular weight excluding hydrogens is 474 g/mol. The molecule has 2 N–H and O–H groups in total. The van der Waals surface area contributed by atoms with E-state index >= 15 is 0 Å². The molecular formula is C25H21NO6S2. The molecule has 0 unspecified atom stereocenters. The zero-order chi connectivity index (χ0) is 24.1. The van der Waals surface area contributed by atoms with E-state index in [1.54, 1.807) is 54.6 Å². The number of carbonyl (C=O) groups is 1. The SMILES string of the molecule is COc1c(SCC(=O)O)cc(NS(=O)(=O)c2cccc(Oc3ccccc3)c2)c2ccccc12. The number of aliphatic carboxylic acids is 1. The van der Waals surface area contributed by atoms with Crippen LogP contribution in [0.5, 0.6) is 17.2 Å². The molecule has 0 fully saturated rings. The number of carboxylic acids is 1. The number of methoxy groups -OCH3 is 1. The number of ether oxygens (including phenoxy) is 2. The average molecular weight is 496 g/mol. The van der Waals surface area contributed by atoms with Gasteiger partial charge in [-0.15, -0.1) is 11.8 Å². The van der Waals surface area contributed by atoms with Crippen molar-refractivity contribution >= 4 is 44.2 Å². The Morgan fingerprint density at radius 2 is 1.59 bits per heavy atom. The lowest BCUT2D eigenvalue weighted by Crippen LogP contribution is -2.13. The minimum Gasteiger partial charge on any atom is -0.495 e. The van der Waals surface area contributed by atoms with Gasteiger partial charge in [-0.2, -0.15) is 0 Å². The molecule has 0 spiro atoms. The molecule has 4 aromatic rings. The van der Waals surface area contributed by atoms with Crippen LogP contribution in [0.15, 0.2) is 94.7 Å². The van der Waals surface area contributed by atoms with E-state index in [4.69, 9.17) is 14.6 Å². The van der Waals surface area contributed by atoms with E-state index in [1.807, 2.05) is 18.2 Å². The summed E-state index contributed by atoms with van der Waals surface area (Å²) in [6.07, 6.45) is 0. The van der Waals surface area contributed by atoms with Crippen molar-refractivity contribution in [3.63, 3.8) is 0 Å². The van der Waals surface area contributed by atoms with E-state index in [1.165, 1.54) is 19.2 Å². The summed E-state index contributed by atoms with van der Waals surface area (Å²) in [6.45, 7) is 0. The minimum absolute atomic E-state index is 0.0283. The number of thioether (sulfide) groups is 1. The fourth-order valence-electron chi connectivity index (χ4n) is 3.40. The van der Waals surface area contributed by atoms with Crippen molar-refractivity contribution in [3.8, 4) is 17.2 Å². The molecule has 0 aliphatic carbocycles. The monoisotopic (exact) mass is 495 g/mol. The maximum absolute atomic E-state index is 13.3. The quantitative estimate of drug-likeness (QED) is 0.291. The van der Waals surface area contributed by atoms with Crippen molar-refractivity contribution in [1.82, 2.24) is 0 Å². The minimum atomic E-state index is -3.98. The molecule has 0 aliphatic rings. The van der Waals surface area contributed by atoms with Crippen molar-refractivity contribution < 1.29 is 27.8 Å². The molecule has 7 nitrogen and oxygen atoms in total. The van der Waals surface area contributed by atoms with Crippen LogP contribution in [0.4, 0.5) is 5.69 Å². The zero-order valence-corrected chi connectivity index (χ0v) is 19.7. The van der Waals surface area contributed by atoms with Gasteiger partial charge in [-0.1, -0.05) is 48.5 Å². The first-order chi connectivity index (χ1) is 16.4. The third kappa shape index (κ3) is 5.27. The van der Waals surface area contributed by atoms with E-state index in [0.717, 1.165) is 11.8 Å². The maximum Gasteiger partial charge on any atom is 0.313 e. The topological polar surface area (TPSA) is 102 Å². The van der Waals surface area contributed by atoms with Crippen molar-refractivity contribution in [3.05, 3.63) is 84.9 Å². The van der Waals surface area contributed by atoms with Gasteiger partial charge in [0.05, 0.1) is 28.3 Å². The van der Waals surface area contributed by atoms with Gasteiger partial charge >= 0.3 is 5.97 Å². The van der Waals surface area contributed by atoms with Gasteiger partial charge < -0.3 is 14.6 Å². The lowest BCUT2D eigenvalue weighted by molar-refractivity contribution is -0.133. The van der Waals surface area contributed by atoms with E-state index < -0.39 is 16.0 Å². The molecule has 0 bridgehead atoms. The van der Waals surface area contributed by atoms with E-state index in [9.17, 15) is 13.2 Å². The van der Waals surface area contributed by atoms with Crippen molar-refractivity contribution in [2.45, 2.75) is 9.79 Å². The first-order valence-electron chi connectivity index (χ1n) is 10.2. The number of fused-ring (bicyclic) bond motifs is 1. The number of carboxylic acid groups (broad SMARTS) is 1. The Labute approximate surface area is 201 Å². The van der Waals surface area contributed by atoms with Gasteiger partial charge in [0.2, 0.25) is 0 Å². The van der Waals surface area contributed by atoms with Crippen LogP contribution >= 0.6 is 11.8 Å². The van der Waals surface area contributed by atoms with Crippen LogP contribution in [0.1, 0.15) is 0 Å². The molecule has 0 radical (unpaired) electrons. The number of nitrogens with one attached hydrogen (secondary N) is 1. The lowest BCUT2D eigenvalue weighted by Gasteiger charge is -2.17. The number of benzene rings is 4. The first-order valence-corrected chi connectivity index (χ1v) is 12.6. The van der Waals surface area contributed by atoms with E-state index in [2.05, 4.69) is 4.72 Å². The molecule has 4 aromatic carbocycles. The maximum atomic E-state index is 13.3. The van der Waals surface area contributed by atoms with Crippen LogP contribution in [0.3, 0.4) is 0 Å². The highest BCUT2D eigenvalue weighted by molar-refractivity contribution is 8.00. The number of para-hydroxylation sites is 1. The molecule has 0 atom stereocenters. The summed E-state index contributed by atoms with van der Waals surface area (Å²) in [6, 6.07) is 24.0. The molecule has 0 aromatic heterocycles. The predicted octanol–water partition coefficient (Wildman–Crippen LogP) is 5.62. The second-order valence-corrected chi connectivity index (χ2v) is 9.88. The third-order valence-corrected chi connectivity index (χ3v) is 7.22. The highest BCUT2D eigenvalue weighted by atomic mass is 32.2. The summed E-state index contributed by atoms with van der Waals surface area (Å²) >= 11 is 1.05. The molecule has 174 valence electrons. The van der Waals surface area contributed by atoms with Gasteiger partial charge in [0.15, 0.2) is 0 Å². The molecule has 0 aliphatic heterocycles. The Morgan fingerprint density at radius 1 is 0.912 bits per heavy atom. The molecule has 9 heteroatoms. The Balaban J connectivity index is 1.71. The fourth-order valence-corrected chi connectivity index (χ4v) is 5.31. The molecule has 0 saturated heterocycles. The van der Waals surface area contributed by atoms with Gasteiger partial charge in [-0.25, -0.2) is 8.42 Å². The normalized spacial score (nSPS) is 11.2. The van der Waals surface area contributed by atoms with Gasteiger partial charge in [-0.3, -0.25) is 9.52 Å². The standard InChI is InChI=1S/C25H21NO6S2/c1-31-25-21-13-6-5-12-20(21)22(15-23(25)33-16-24(27)28)26-34(29,30)19-11-7-10-18(14-19)32-17-8-3-2-4-9-17/h2-15,26H,16H2,1H3,(H,27,28). The molecule has 0 amide bonds. The predicted molar refractivity (Wildman–Crippen MR) is 133 cm³/mol. The lowest BCUT2D eigenvalue weighted by atomic mass is 10.1. The Bertz CT molecular complexity index is 1440. The largest absolute Gasteiger partial charge is 0.495 e. The molecule has 0 heterocycles. The summed E-state index contributed by atoms with van der Waals surface area (Å²) < 4.78 is 40.5. The number of hydrogen-bond donors (Lipinski definition) is 2. The molecule has 34 heavy (non-hydrogen) atoms. The fraction of sp³-hybridized carbons (Fsp3) is 0.0800. The van der Waals surface area contributed by atoms with Crippen LogP contribution in [-0.4, -0.2) is 32.4 Å². The highest BCUT2D eigenvalue weighted by Crippen LogP contribution is 2.41. The van der Waals surface area contributed by atoms with Gasteiger partial charge in [-0.05, 0) is 30.3 Å². The van der Waals surface area contributed by atoms with Gasteiger partial charge in [0, 0.05) is 16.8 Å². The van der Waals surface area contributed by atoms with Crippen LogP contribution < -0.4 is 14.2 Å². The number of hydrogen-bond acceptors (Lipinski definition) is 6. The number of anilines is 1. The first kappa shape index (κ1) is 23.5. The summed E-state index contributed by atoms with van der Waals surface area (Å²) in [5, 5.41) is 10.4. The number of sulfonamides is 1. The van der Waals surface area contributed by atoms with Crippen molar-refractivity contribution in [2.24, 2.45) is 0 Å². The van der Waals surface area contributed by atoms with Crippen LogP contribution in [0.25, 0.3) is 10.8 Å². The number of rotatable bonds is 9. The molecule has 4 rings (SSSR count). The van der Waals surface area contributed by atoms with Crippen LogP contribution in [0.2, 0.25) is 0 Å². The summed E-state index contributed by atoms with van der Waals surface area (Å²) in [5.41, 5.74) is 0.318. The van der Waals surface area contributed by atoms with Gasteiger partial charge in [0.25, 0.3) is 10.0 Å². The Morgan fingerprint density at radius 3 is 2.29 bits per heavy atom. The van der Waals surface area contributed by atoms with Crippen LogP contribution in [-0.2, 0) is 14.8 Å². The summed E-state index contributed by atoms with van der Waals surface area (Å²) in [4.78, 5) is 11.7. The summed E-state index contributed by atoms with van der Waals surface area (Å²) in [5.74, 6) is 0.276. The Hall–Kier alpha value is -3.69. The smallest absolute Gasteiger partial charge is 0.313 e. The average Bonchev–Trinajstić information content (AvgIpc) is 2.83. The highest BCUT2D eigenvalue weighted by Gasteiger charge is 2.20. The zero-order valence-electron chi connectivity index (χ0n) is 18.1. The van der Waals surface area contributed by atoms with Crippen molar-refractivity contribution in [1.29, 1.82) is 0 Å².